The summed E-state index contributed by atoms with van der Waals surface area (Å²) in [6.45, 7) is 11.1. The number of benzene rings is 1. The number of rotatable bonds is 9. The molecule has 0 radical (unpaired) electrons. The molecular formula is C19H34N2O. The summed E-state index contributed by atoms with van der Waals surface area (Å²) in [6.07, 6.45) is 2.31. The van der Waals surface area contributed by atoms with Gasteiger partial charge < -0.3 is 9.64 Å². The minimum atomic E-state index is 0.530. The van der Waals surface area contributed by atoms with Gasteiger partial charge in [0.15, 0.2) is 0 Å². The summed E-state index contributed by atoms with van der Waals surface area (Å²) in [5.41, 5.74) is 2.71. The molecule has 0 atom stereocenters. The van der Waals surface area contributed by atoms with E-state index in [1.165, 1.54) is 17.5 Å². The van der Waals surface area contributed by atoms with Gasteiger partial charge in [0.05, 0.1) is 7.11 Å². The van der Waals surface area contributed by atoms with Crippen LogP contribution >= 0.6 is 0 Å². The van der Waals surface area contributed by atoms with Gasteiger partial charge in [-0.1, -0.05) is 12.1 Å². The highest BCUT2D eigenvalue weighted by Gasteiger charge is 2.16. The van der Waals surface area contributed by atoms with E-state index in [-0.39, 0.29) is 0 Å². The molecule has 0 fully saturated rings. The molecule has 0 aliphatic heterocycles. The van der Waals surface area contributed by atoms with E-state index in [1.807, 2.05) is 0 Å². The highest BCUT2D eigenvalue weighted by Crippen LogP contribution is 2.24. The summed E-state index contributed by atoms with van der Waals surface area (Å²) in [7, 11) is 6.02. The normalized spacial score (nSPS) is 12.0. The van der Waals surface area contributed by atoms with Crippen LogP contribution in [0.5, 0.6) is 5.75 Å². The Balaban J connectivity index is 2.86. The predicted molar refractivity (Wildman–Crippen MR) is 95.7 cm³/mol. The molecule has 0 amide bonds. The molecule has 1 aromatic carbocycles. The lowest BCUT2D eigenvalue weighted by Crippen LogP contribution is -2.36. The average Bonchev–Trinajstić information content (AvgIpc) is 2.43. The first-order valence-corrected chi connectivity index (χ1v) is 8.41. The molecule has 0 heterocycles. The maximum absolute atomic E-state index is 5.57. The fourth-order valence-electron chi connectivity index (χ4n) is 2.87. The molecule has 1 aromatic rings. The average molecular weight is 306 g/mol. The first-order valence-electron chi connectivity index (χ1n) is 8.41. The molecule has 0 aromatic heterocycles. The fourth-order valence-corrected chi connectivity index (χ4v) is 2.87. The van der Waals surface area contributed by atoms with Gasteiger partial charge in [-0.3, -0.25) is 4.90 Å². The van der Waals surface area contributed by atoms with Crippen molar-refractivity contribution in [1.29, 1.82) is 0 Å². The topological polar surface area (TPSA) is 15.7 Å². The van der Waals surface area contributed by atoms with Gasteiger partial charge in [-0.15, -0.1) is 0 Å². The van der Waals surface area contributed by atoms with Crippen LogP contribution in [0, 0.1) is 0 Å². The minimum Gasteiger partial charge on any atom is -0.496 e. The van der Waals surface area contributed by atoms with E-state index in [2.05, 4.69) is 69.8 Å². The van der Waals surface area contributed by atoms with Crippen LogP contribution in [0.15, 0.2) is 18.2 Å². The molecule has 0 N–H and O–H groups in total. The summed E-state index contributed by atoms with van der Waals surface area (Å²) in [4.78, 5) is 4.74. The van der Waals surface area contributed by atoms with E-state index < -0.39 is 0 Å². The number of hydrogen-bond donors (Lipinski definition) is 0. The van der Waals surface area contributed by atoms with Gasteiger partial charge in [-0.2, -0.15) is 0 Å². The predicted octanol–water partition coefficient (Wildman–Crippen LogP) is 3.81. The Labute approximate surface area is 137 Å². The van der Waals surface area contributed by atoms with Crippen LogP contribution in [0.1, 0.15) is 45.2 Å². The number of methoxy groups -OCH3 is 1. The number of aryl methyl sites for hydroxylation is 1. The molecular weight excluding hydrogens is 272 g/mol. The molecule has 0 aliphatic rings. The van der Waals surface area contributed by atoms with Crippen molar-refractivity contribution in [3.8, 4) is 5.75 Å². The van der Waals surface area contributed by atoms with Crippen LogP contribution < -0.4 is 4.74 Å². The van der Waals surface area contributed by atoms with E-state index in [0.29, 0.717) is 12.1 Å². The van der Waals surface area contributed by atoms with Gasteiger partial charge in [0.1, 0.15) is 5.75 Å². The lowest BCUT2D eigenvalue weighted by atomic mass is 10.0. The Morgan fingerprint density at radius 2 is 1.68 bits per heavy atom. The monoisotopic (exact) mass is 306 g/mol. The van der Waals surface area contributed by atoms with Crippen LogP contribution in [-0.2, 0) is 13.0 Å². The van der Waals surface area contributed by atoms with Crippen molar-refractivity contribution in [3.63, 3.8) is 0 Å². The standard InChI is InChI=1S/C19H34N2O/c1-15(2)21(16(3)4)14-18-13-17(9-8-12-20(5)6)10-11-19(18)22-7/h10-11,13,15-16H,8-9,12,14H2,1-7H3. The SMILES string of the molecule is COc1ccc(CCCN(C)C)cc1CN(C(C)C)C(C)C. The Hall–Kier alpha value is -1.06. The third-order valence-corrected chi connectivity index (χ3v) is 4.10. The van der Waals surface area contributed by atoms with E-state index in [4.69, 9.17) is 4.74 Å². The number of ether oxygens (including phenoxy) is 1. The highest BCUT2D eigenvalue weighted by molar-refractivity contribution is 5.37. The van der Waals surface area contributed by atoms with Crippen LogP contribution in [0.25, 0.3) is 0 Å². The van der Waals surface area contributed by atoms with Gasteiger partial charge in [-0.05, 0) is 72.8 Å². The van der Waals surface area contributed by atoms with Gasteiger partial charge in [0, 0.05) is 24.2 Å². The smallest absolute Gasteiger partial charge is 0.123 e. The zero-order chi connectivity index (χ0) is 16.7. The largest absolute Gasteiger partial charge is 0.496 e. The quantitative estimate of drug-likeness (QED) is 0.690. The summed E-state index contributed by atoms with van der Waals surface area (Å²) >= 11 is 0. The van der Waals surface area contributed by atoms with Crippen LogP contribution in [0.3, 0.4) is 0 Å². The van der Waals surface area contributed by atoms with Crippen molar-refractivity contribution in [2.75, 3.05) is 27.7 Å². The molecule has 0 saturated heterocycles. The number of hydrogen-bond acceptors (Lipinski definition) is 3. The van der Waals surface area contributed by atoms with E-state index in [0.717, 1.165) is 25.3 Å². The zero-order valence-electron chi connectivity index (χ0n) is 15.5. The molecule has 126 valence electrons. The molecule has 3 heteroatoms. The van der Waals surface area contributed by atoms with Gasteiger partial charge >= 0.3 is 0 Å². The van der Waals surface area contributed by atoms with Crippen molar-refractivity contribution in [2.24, 2.45) is 0 Å². The summed E-state index contributed by atoms with van der Waals surface area (Å²) in [5.74, 6) is 1.00. The van der Waals surface area contributed by atoms with Gasteiger partial charge in [-0.25, -0.2) is 0 Å². The second-order valence-corrected chi connectivity index (χ2v) is 6.91. The highest BCUT2D eigenvalue weighted by atomic mass is 16.5. The third kappa shape index (κ3) is 5.98. The molecule has 0 unspecified atom stereocenters. The van der Waals surface area contributed by atoms with Gasteiger partial charge in [0.25, 0.3) is 0 Å². The Kier molecular flexibility index (Phi) is 7.91. The van der Waals surface area contributed by atoms with Crippen molar-refractivity contribution < 1.29 is 4.74 Å². The van der Waals surface area contributed by atoms with Crippen molar-refractivity contribution in [3.05, 3.63) is 29.3 Å². The van der Waals surface area contributed by atoms with Crippen LogP contribution in [0.2, 0.25) is 0 Å². The maximum Gasteiger partial charge on any atom is 0.123 e. The van der Waals surface area contributed by atoms with Gasteiger partial charge in [0.2, 0.25) is 0 Å². The van der Waals surface area contributed by atoms with E-state index in [9.17, 15) is 0 Å². The molecule has 1 rings (SSSR count). The van der Waals surface area contributed by atoms with Crippen molar-refractivity contribution in [1.82, 2.24) is 9.80 Å². The Morgan fingerprint density at radius 1 is 1.05 bits per heavy atom. The molecule has 0 spiro atoms. The lowest BCUT2D eigenvalue weighted by molar-refractivity contribution is 0.164. The van der Waals surface area contributed by atoms with E-state index >= 15 is 0 Å². The Morgan fingerprint density at radius 3 is 2.18 bits per heavy atom. The lowest BCUT2D eigenvalue weighted by Gasteiger charge is -2.31. The maximum atomic E-state index is 5.57. The minimum absolute atomic E-state index is 0.530. The molecule has 0 aliphatic carbocycles. The van der Waals surface area contributed by atoms with E-state index in [1.54, 1.807) is 7.11 Å². The second kappa shape index (κ2) is 9.16. The Bertz CT molecular complexity index is 433. The summed E-state index contributed by atoms with van der Waals surface area (Å²) < 4.78 is 5.57. The summed E-state index contributed by atoms with van der Waals surface area (Å²) in [5, 5.41) is 0. The first-order chi connectivity index (χ1) is 10.3. The van der Waals surface area contributed by atoms with Crippen molar-refractivity contribution >= 4 is 0 Å². The number of nitrogens with zero attached hydrogens (tertiary/aromatic N) is 2. The van der Waals surface area contributed by atoms with Crippen molar-refractivity contribution in [2.45, 2.75) is 59.2 Å². The first kappa shape index (κ1) is 19.0. The molecule has 22 heavy (non-hydrogen) atoms. The zero-order valence-corrected chi connectivity index (χ0v) is 15.5. The second-order valence-electron chi connectivity index (χ2n) is 6.91. The van der Waals surface area contributed by atoms with Crippen LogP contribution in [0.4, 0.5) is 0 Å². The molecule has 3 nitrogen and oxygen atoms in total. The summed E-state index contributed by atoms with van der Waals surface area (Å²) in [6, 6.07) is 7.71. The third-order valence-electron chi connectivity index (χ3n) is 4.10. The van der Waals surface area contributed by atoms with Crippen LogP contribution in [-0.4, -0.2) is 49.6 Å². The molecule has 0 bridgehead atoms. The molecule has 0 saturated carbocycles. The fraction of sp³-hybridized carbons (Fsp3) is 0.684.